The highest BCUT2D eigenvalue weighted by Gasteiger charge is 2.21. The molecule has 6 heteroatoms. The first-order chi connectivity index (χ1) is 9.86. The first kappa shape index (κ1) is 17.4. The molecule has 0 aliphatic rings. The van der Waals surface area contributed by atoms with Crippen LogP contribution < -0.4 is 5.32 Å². The Morgan fingerprint density at radius 3 is 2.67 bits per heavy atom. The van der Waals surface area contributed by atoms with Gasteiger partial charge in [0.2, 0.25) is 0 Å². The molecule has 21 heavy (non-hydrogen) atoms. The van der Waals surface area contributed by atoms with Crippen LogP contribution in [-0.2, 0) is 0 Å². The summed E-state index contributed by atoms with van der Waals surface area (Å²) in [6, 6.07) is 2.14. The van der Waals surface area contributed by atoms with Crippen LogP contribution in [-0.4, -0.2) is 35.7 Å². The van der Waals surface area contributed by atoms with Gasteiger partial charge < -0.3 is 15.3 Å². The number of urea groups is 1. The predicted octanol–water partition coefficient (Wildman–Crippen LogP) is 2.83. The maximum absolute atomic E-state index is 13.7. The molecule has 0 saturated carbocycles. The summed E-state index contributed by atoms with van der Waals surface area (Å²) >= 11 is 0. The van der Waals surface area contributed by atoms with E-state index in [9.17, 15) is 13.6 Å². The normalized spacial score (nSPS) is 13.6. The van der Waals surface area contributed by atoms with Crippen molar-refractivity contribution in [2.24, 2.45) is 0 Å². The second-order valence-corrected chi connectivity index (χ2v) is 5.17. The van der Waals surface area contributed by atoms with Crippen LogP contribution in [0.25, 0.3) is 0 Å². The van der Waals surface area contributed by atoms with E-state index in [4.69, 9.17) is 5.11 Å². The van der Waals surface area contributed by atoms with Crippen LogP contribution in [0, 0.1) is 11.6 Å². The molecule has 118 valence electrons. The van der Waals surface area contributed by atoms with Gasteiger partial charge in [-0.15, -0.1) is 0 Å². The van der Waals surface area contributed by atoms with E-state index in [0.717, 1.165) is 18.2 Å². The Balaban J connectivity index is 2.70. The number of halogens is 2. The van der Waals surface area contributed by atoms with Crippen LogP contribution in [0.5, 0.6) is 0 Å². The monoisotopic (exact) mass is 300 g/mol. The second kappa shape index (κ2) is 7.93. The Morgan fingerprint density at radius 2 is 2.05 bits per heavy atom. The number of nitrogens with zero attached hydrogens (tertiary/aromatic N) is 1. The van der Waals surface area contributed by atoms with Gasteiger partial charge in [-0.2, -0.15) is 0 Å². The van der Waals surface area contributed by atoms with Crippen LogP contribution in [0.1, 0.15) is 38.3 Å². The van der Waals surface area contributed by atoms with Crippen molar-refractivity contribution in [3.05, 3.63) is 35.4 Å². The van der Waals surface area contributed by atoms with Crippen molar-refractivity contribution in [3.63, 3.8) is 0 Å². The standard InChI is InChI=1S/C15H22F2N2O2/c1-10(5-4-8-20)18-15(21)19(3)11(2)13-9-12(16)6-7-14(13)17/h6-7,9-11,20H,4-5,8H2,1-3H3,(H,18,21). The van der Waals surface area contributed by atoms with E-state index < -0.39 is 17.7 Å². The van der Waals surface area contributed by atoms with Gasteiger partial charge in [0.05, 0.1) is 6.04 Å². The lowest BCUT2D eigenvalue weighted by Crippen LogP contribution is -2.43. The molecule has 1 aromatic rings. The fourth-order valence-corrected chi connectivity index (χ4v) is 2.00. The van der Waals surface area contributed by atoms with Crippen LogP contribution >= 0.6 is 0 Å². The van der Waals surface area contributed by atoms with Gasteiger partial charge in [0, 0.05) is 25.3 Å². The fraction of sp³-hybridized carbons (Fsp3) is 0.533. The summed E-state index contributed by atoms with van der Waals surface area (Å²) < 4.78 is 26.9. The van der Waals surface area contributed by atoms with Crippen molar-refractivity contribution in [1.82, 2.24) is 10.2 Å². The van der Waals surface area contributed by atoms with Crippen molar-refractivity contribution in [3.8, 4) is 0 Å². The van der Waals surface area contributed by atoms with E-state index >= 15 is 0 Å². The molecule has 0 heterocycles. The SMILES string of the molecule is CC(CCCO)NC(=O)N(C)C(C)c1cc(F)ccc1F. The Morgan fingerprint density at radius 1 is 1.38 bits per heavy atom. The molecule has 4 nitrogen and oxygen atoms in total. The van der Waals surface area contributed by atoms with Crippen molar-refractivity contribution in [2.45, 2.75) is 38.8 Å². The Labute approximate surface area is 123 Å². The van der Waals surface area contributed by atoms with Crippen molar-refractivity contribution >= 4 is 6.03 Å². The molecule has 1 rings (SSSR count). The van der Waals surface area contributed by atoms with Crippen LogP contribution in [0.3, 0.4) is 0 Å². The average Bonchev–Trinajstić information content (AvgIpc) is 2.45. The molecular weight excluding hydrogens is 278 g/mol. The zero-order chi connectivity index (χ0) is 16.0. The fourth-order valence-electron chi connectivity index (χ4n) is 2.00. The molecule has 0 aliphatic heterocycles. The molecule has 0 spiro atoms. The molecule has 0 saturated heterocycles. The molecule has 0 aromatic heterocycles. The third-order valence-electron chi connectivity index (χ3n) is 3.47. The molecule has 0 fully saturated rings. The Kier molecular flexibility index (Phi) is 6.55. The van der Waals surface area contributed by atoms with Crippen LogP contribution in [0.2, 0.25) is 0 Å². The molecule has 2 atom stereocenters. The zero-order valence-corrected chi connectivity index (χ0v) is 12.6. The maximum Gasteiger partial charge on any atom is 0.317 e. The summed E-state index contributed by atoms with van der Waals surface area (Å²) in [6.45, 7) is 3.53. The van der Waals surface area contributed by atoms with E-state index in [0.29, 0.717) is 12.8 Å². The van der Waals surface area contributed by atoms with E-state index in [-0.39, 0.29) is 24.2 Å². The summed E-state index contributed by atoms with van der Waals surface area (Å²) in [5.41, 5.74) is 0.135. The number of aliphatic hydroxyl groups is 1. The highest BCUT2D eigenvalue weighted by Crippen LogP contribution is 2.22. The number of benzene rings is 1. The van der Waals surface area contributed by atoms with Gasteiger partial charge in [-0.25, -0.2) is 13.6 Å². The van der Waals surface area contributed by atoms with Crippen molar-refractivity contribution < 1.29 is 18.7 Å². The maximum atomic E-state index is 13.7. The molecule has 0 bridgehead atoms. The number of carbonyl (C=O) groups excluding carboxylic acids is 1. The average molecular weight is 300 g/mol. The third-order valence-corrected chi connectivity index (χ3v) is 3.47. The van der Waals surface area contributed by atoms with Gasteiger partial charge in [0.1, 0.15) is 11.6 Å². The number of amides is 2. The van der Waals surface area contributed by atoms with Crippen molar-refractivity contribution in [1.29, 1.82) is 0 Å². The molecule has 0 radical (unpaired) electrons. The first-order valence-electron chi connectivity index (χ1n) is 6.96. The summed E-state index contributed by atoms with van der Waals surface area (Å²) in [4.78, 5) is 13.4. The summed E-state index contributed by atoms with van der Waals surface area (Å²) in [5, 5.41) is 11.5. The molecule has 2 N–H and O–H groups in total. The number of nitrogens with one attached hydrogen (secondary N) is 1. The van der Waals surface area contributed by atoms with Gasteiger partial charge in [0.15, 0.2) is 0 Å². The lowest BCUT2D eigenvalue weighted by Gasteiger charge is -2.27. The Hall–Kier alpha value is -1.69. The molecule has 2 amide bonds. The number of carbonyl (C=O) groups is 1. The molecule has 1 aromatic carbocycles. The first-order valence-corrected chi connectivity index (χ1v) is 6.96. The third kappa shape index (κ3) is 4.97. The summed E-state index contributed by atoms with van der Waals surface area (Å²) in [7, 11) is 1.53. The van der Waals surface area contributed by atoms with Gasteiger partial charge in [-0.05, 0) is 44.9 Å². The smallest absolute Gasteiger partial charge is 0.317 e. The number of aliphatic hydroxyl groups excluding tert-OH is 1. The minimum Gasteiger partial charge on any atom is -0.396 e. The lowest BCUT2D eigenvalue weighted by atomic mass is 10.1. The molecule has 2 unspecified atom stereocenters. The van der Waals surface area contributed by atoms with E-state index in [1.165, 1.54) is 11.9 Å². The zero-order valence-electron chi connectivity index (χ0n) is 12.6. The number of rotatable bonds is 6. The van der Waals surface area contributed by atoms with Crippen LogP contribution in [0.4, 0.5) is 13.6 Å². The number of hydrogen-bond donors (Lipinski definition) is 2. The van der Waals surface area contributed by atoms with Gasteiger partial charge in [-0.3, -0.25) is 0 Å². The van der Waals surface area contributed by atoms with Crippen molar-refractivity contribution in [2.75, 3.05) is 13.7 Å². The minimum absolute atomic E-state index is 0.0704. The molecular formula is C15H22F2N2O2. The van der Waals surface area contributed by atoms with E-state index in [1.807, 2.05) is 6.92 Å². The van der Waals surface area contributed by atoms with Gasteiger partial charge in [-0.1, -0.05) is 0 Å². The highest BCUT2D eigenvalue weighted by atomic mass is 19.1. The summed E-state index contributed by atoms with van der Waals surface area (Å²) in [6.07, 6.45) is 1.25. The van der Waals surface area contributed by atoms with E-state index in [2.05, 4.69) is 5.32 Å². The molecule has 0 aliphatic carbocycles. The van der Waals surface area contributed by atoms with Crippen LogP contribution in [0.15, 0.2) is 18.2 Å². The van der Waals surface area contributed by atoms with Gasteiger partial charge >= 0.3 is 6.03 Å². The predicted molar refractivity (Wildman–Crippen MR) is 76.8 cm³/mol. The largest absolute Gasteiger partial charge is 0.396 e. The quantitative estimate of drug-likeness (QED) is 0.849. The van der Waals surface area contributed by atoms with Gasteiger partial charge in [0.25, 0.3) is 0 Å². The second-order valence-electron chi connectivity index (χ2n) is 5.17. The Bertz CT molecular complexity index is 483. The lowest BCUT2D eigenvalue weighted by molar-refractivity contribution is 0.188. The van der Waals surface area contributed by atoms with E-state index in [1.54, 1.807) is 6.92 Å². The summed E-state index contributed by atoms with van der Waals surface area (Å²) in [5.74, 6) is -1.08. The minimum atomic E-state index is -0.592. The number of hydrogen-bond acceptors (Lipinski definition) is 2. The topological polar surface area (TPSA) is 52.6 Å². The highest BCUT2D eigenvalue weighted by molar-refractivity contribution is 5.74.